The summed E-state index contributed by atoms with van der Waals surface area (Å²) in [5.41, 5.74) is 3.64. The van der Waals surface area contributed by atoms with Crippen LogP contribution in [0.5, 0.6) is 5.75 Å². The zero-order chi connectivity index (χ0) is 24.3. The van der Waals surface area contributed by atoms with Crippen molar-refractivity contribution in [1.82, 2.24) is 24.9 Å². The Morgan fingerprint density at radius 2 is 1.88 bits per heavy atom. The molecule has 0 saturated carbocycles. The molecule has 1 saturated heterocycles. The Morgan fingerprint density at radius 3 is 2.53 bits per heavy atom. The molecule has 0 spiro atoms. The predicted octanol–water partition coefficient (Wildman–Crippen LogP) is 3.23. The van der Waals surface area contributed by atoms with E-state index in [-0.39, 0.29) is 17.7 Å². The van der Waals surface area contributed by atoms with Crippen LogP contribution in [-0.4, -0.2) is 71.1 Å². The van der Waals surface area contributed by atoms with Gasteiger partial charge in [0, 0.05) is 56.6 Å². The van der Waals surface area contributed by atoms with E-state index in [0.717, 1.165) is 55.7 Å². The molecule has 2 aromatic rings. The van der Waals surface area contributed by atoms with Gasteiger partial charge in [0.15, 0.2) is 5.69 Å². The number of likely N-dealkylation sites (N-methyl/N-ethyl adjacent to an activating group) is 1. The van der Waals surface area contributed by atoms with E-state index in [4.69, 9.17) is 5.10 Å². The highest BCUT2D eigenvalue weighted by Crippen LogP contribution is 2.27. The first-order valence-corrected chi connectivity index (χ1v) is 11.9. The second kappa shape index (κ2) is 10.4. The molecule has 1 fully saturated rings. The smallest absolute Gasteiger partial charge is 0.406 e. The minimum Gasteiger partial charge on any atom is -0.406 e. The second-order valence-electron chi connectivity index (χ2n) is 9.10. The van der Waals surface area contributed by atoms with Gasteiger partial charge in [-0.15, -0.1) is 13.2 Å². The number of piperazine rings is 1. The van der Waals surface area contributed by atoms with E-state index in [2.05, 4.69) is 28.9 Å². The average molecular weight is 480 g/mol. The Morgan fingerprint density at radius 1 is 1.18 bits per heavy atom. The molecule has 1 atom stereocenters. The third-order valence-corrected chi connectivity index (χ3v) is 6.53. The van der Waals surface area contributed by atoms with E-state index < -0.39 is 6.36 Å². The van der Waals surface area contributed by atoms with Crippen LogP contribution in [0, 0.1) is 0 Å². The van der Waals surface area contributed by atoms with Crippen LogP contribution in [0.1, 0.15) is 47.1 Å². The van der Waals surface area contributed by atoms with E-state index in [1.807, 2.05) is 9.58 Å². The van der Waals surface area contributed by atoms with Crippen molar-refractivity contribution in [1.29, 1.82) is 0 Å². The highest BCUT2D eigenvalue weighted by atomic mass is 19.4. The first-order chi connectivity index (χ1) is 16.2. The number of aryl methyl sites for hydroxylation is 1. The third-order valence-electron chi connectivity index (χ3n) is 6.53. The van der Waals surface area contributed by atoms with Crippen molar-refractivity contribution < 1.29 is 22.7 Å². The molecule has 1 aromatic heterocycles. The van der Waals surface area contributed by atoms with Gasteiger partial charge in [0.1, 0.15) is 5.75 Å². The monoisotopic (exact) mass is 479 g/mol. The lowest BCUT2D eigenvalue weighted by molar-refractivity contribution is -0.274. The van der Waals surface area contributed by atoms with Crippen LogP contribution in [0.3, 0.4) is 0 Å². The molecule has 34 heavy (non-hydrogen) atoms. The van der Waals surface area contributed by atoms with E-state index in [9.17, 15) is 18.0 Å². The second-order valence-corrected chi connectivity index (χ2v) is 9.10. The fraction of sp³-hybridized carbons (Fsp3) is 0.583. The maximum absolute atomic E-state index is 13.3. The molecule has 2 heterocycles. The van der Waals surface area contributed by atoms with Gasteiger partial charge in [0.25, 0.3) is 5.91 Å². The van der Waals surface area contributed by atoms with Crippen molar-refractivity contribution in [3.63, 3.8) is 0 Å². The summed E-state index contributed by atoms with van der Waals surface area (Å²) in [5.74, 6) is -0.214. The fourth-order valence-electron chi connectivity index (χ4n) is 4.66. The average Bonchev–Trinajstić information content (AvgIpc) is 3.15. The van der Waals surface area contributed by atoms with Gasteiger partial charge in [-0.3, -0.25) is 9.48 Å². The number of nitrogens with one attached hydrogen (secondary N) is 1. The largest absolute Gasteiger partial charge is 0.573 e. The standard InChI is InChI=1S/C24H32F3N5O2/c1-3-10-32-21-9-6-18(28-16-17-4-7-19(8-5-17)34-24(25,26)27)15-20(21)22(29-32)23(33)31-13-11-30(2)12-14-31/h4-5,7-8,18,28H,3,6,9-16H2,1-2H3/t18-/m0/s1. The molecule has 0 bridgehead atoms. The van der Waals surface area contributed by atoms with Crippen LogP contribution in [0.2, 0.25) is 0 Å². The van der Waals surface area contributed by atoms with Gasteiger partial charge in [-0.05, 0) is 50.4 Å². The van der Waals surface area contributed by atoms with E-state index in [0.29, 0.717) is 31.7 Å². The zero-order valence-corrected chi connectivity index (χ0v) is 19.7. The Bertz CT molecular complexity index is 982. The van der Waals surface area contributed by atoms with Gasteiger partial charge in [0.05, 0.1) is 0 Å². The number of halogens is 3. The van der Waals surface area contributed by atoms with Crippen LogP contribution in [0.4, 0.5) is 13.2 Å². The van der Waals surface area contributed by atoms with Crippen molar-refractivity contribution in [2.45, 2.75) is 58.1 Å². The number of hydrogen-bond acceptors (Lipinski definition) is 5. The molecule has 0 unspecified atom stereocenters. The molecule has 1 aliphatic heterocycles. The predicted molar refractivity (Wildman–Crippen MR) is 122 cm³/mol. The first-order valence-electron chi connectivity index (χ1n) is 11.9. The number of alkyl halides is 3. The highest BCUT2D eigenvalue weighted by Gasteiger charge is 2.32. The van der Waals surface area contributed by atoms with Gasteiger partial charge in [-0.1, -0.05) is 19.1 Å². The molecule has 4 rings (SSSR count). The molecule has 1 aromatic carbocycles. The number of carbonyl (C=O) groups excluding carboxylic acids is 1. The fourth-order valence-corrected chi connectivity index (χ4v) is 4.66. The van der Waals surface area contributed by atoms with Crippen LogP contribution in [0.15, 0.2) is 24.3 Å². The number of ether oxygens (including phenoxy) is 1. The summed E-state index contributed by atoms with van der Waals surface area (Å²) >= 11 is 0. The maximum atomic E-state index is 13.3. The summed E-state index contributed by atoms with van der Waals surface area (Å²) in [6.45, 7) is 6.57. The molecule has 186 valence electrons. The van der Waals surface area contributed by atoms with Gasteiger partial charge < -0.3 is 19.9 Å². The van der Waals surface area contributed by atoms with Crippen molar-refractivity contribution in [2.75, 3.05) is 33.2 Å². The van der Waals surface area contributed by atoms with E-state index >= 15 is 0 Å². The zero-order valence-electron chi connectivity index (χ0n) is 19.7. The number of carbonyl (C=O) groups is 1. The summed E-state index contributed by atoms with van der Waals surface area (Å²) in [6, 6.07) is 6.07. The first kappa shape index (κ1) is 24.5. The number of rotatable bonds is 7. The van der Waals surface area contributed by atoms with Gasteiger partial charge >= 0.3 is 6.36 Å². The van der Waals surface area contributed by atoms with E-state index in [1.165, 1.54) is 12.1 Å². The van der Waals surface area contributed by atoms with Crippen molar-refractivity contribution >= 4 is 5.91 Å². The molecular weight excluding hydrogens is 447 g/mol. The highest BCUT2D eigenvalue weighted by molar-refractivity contribution is 5.94. The van der Waals surface area contributed by atoms with Crippen molar-refractivity contribution in [3.8, 4) is 5.75 Å². The minimum atomic E-state index is -4.69. The molecule has 0 radical (unpaired) electrons. The summed E-state index contributed by atoms with van der Waals surface area (Å²) in [6.07, 6.45) is -1.27. The molecule has 10 heteroatoms. The Hall–Kier alpha value is -2.59. The molecule has 1 aliphatic carbocycles. The lowest BCUT2D eigenvalue weighted by atomic mass is 9.90. The lowest BCUT2D eigenvalue weighted by Crippen LogP contribution is -2.47. The normalized spacial score (nSPS) is 19.2. The number of aromatic nitrogens is 2. The van der Waals surface area contributed by atoms with Crippen molar-refractivity contribution in [2.24, 2.45) is 0 Å². The number of fused-ring (bicyclic) bond motifs is 1. The molecule has 1 amide bonds. The van der Waals surface area contributed by atoms with Gasteiger partial charge in [-0.25, -0.2) is 0 Å². The van der Waals surface area contributed by atoms with Crippen LogP contribution < -0.4 is 10.1 Å². The third kappa shape index (κ3) is 5.90. The van der Waals surface area contributed by atoms with Crippen LogP contribution >= 0.6 is 0 Å². The number of benzene rings is 1. The number of amides is 1. The molecule has 1 N–H and O–H groups in total. The van der Waals surface area contributed by atoms with Gasteiger partial charge in [0.2, 0.25) is 0 Å². The van der Waals surface area contributed by atoms with E-state index in [1.54, 1.807) is 12.1 Å². The topological polar surface area (TPSA) is 62.6 Å². The lowest BCUT2D eigenvalue weighted by Gasteiger charge is -2.32. The Kier molecular flexibility index (Phi) is 7.47. The van der Waals surface area contributed by atoms with Gasteiger partial charge in [-0.2, -0.15) is 5.10 Å². The maximum Gasteiger partial charge on any atom is 0.573 e. The summed E-state index contributed by atoms with van der Waals surface area (Å²) < 4.78 is 43.0. The Labute approximate surface area is 197 Å². The van der Waals surface area contributed by atoms with Crippen molar-refractivity contribution in [3.05, 3.63) is 46.8 Å². The molecular formula is C24H32F3N5O2. The summed E-state index contributed by atoms with van der Waals surface area (Å²) in [4.78, 5) is 17.5. The van der Waals surface area contributed by atoms with Crippen LogP contribution in [0.25, 0.3) is 0 Å². The number of hydrogen-bond donors (Lipinski definition) is 1. The Balaban J connectivity index is 1.43. The summed E-state index contributed by atoms with van der Waals surface area (Å²) in [5, 5.41) is 8.25. The summed E-state index contributed by atoms with van der Waals surface area (Å²) in [7, 11) is 2.06. The quantitative estimate of drug-likeness (QED) is 0.661. The minimum absolute atomic E-state index is 0.0140. The molecule has 7 nitrogen and oxygen atoms in total. The number of nitrogens with zero attached hydrogens (tertiary/aromatic N) is 4. The SMILES string of the molecule is CCCn1nc(C(=O)N2CCN(C)CC2)c2c1CC[C@H](NCc1ccc(OC(F)(F)F)cc1)C2. The van der Waals surface area contributed by atoms with Crippen LogP contribution in [-0.2, 0) is 25.9 Å². The molecule has 2 aliphatic rings.